The Morgan fingerprint density at radius 2 is 1.14 bits per heavy atom. The highest BCUT2D eigenvalue weighted by molar-refractivity contribution is 5.31. The molecule has 0 aliphatic rings. The van der Waals surface area contributed by atoms with Crippen LogP contribution in [0.5, 0.6) is 11.5 Å². The van der Waals surface area contributed by atoms with Crippen LogP contribution in [-0.4, -0.2) is 26.6 Å². The second kappa shape index (κ2) is 6.18. The number of benzene rings is 1. The Morgan fingerprint density at radius 3 is 1.43 bits per heavy atom. The Kier molecular flexibility index (Phi) is 4.75. The molecule has 0 saturated heterocycles. The molecule has 0 spiro atoms. The van der Waals surface area contributed by atoms with Crippen molar-refractivity contribution in [1.29, 1.82) is 0 Å². The minimum absolute atomic E-state index is 0.0463. The molecule has 4 heteroatoms. The monoisotopic (exact) mass is 202 g/mol. The van der Waals surface area contributed by atoms with E-state index in [9.17, 15) is 8.78 Å². The van der Waals surface area contributed by atoms with Crippen molar-refractivity contribution in [1.82, 2.24) is 0 Å². The molecule has 0 amide bonds. The van der Waals surface area contributed by atoms with E-state index in [0.717, 1.165) is 0 Å². The van der Waals surface area contributed by atoms with Crippen molar-refractivity contribution >= 4 is 0 Å². The van der Waals surface area contributed by atoms with Crippen LogP contribution in [0.25, 0.3) is 0 Å². The van der Waals surface area contributed by atoms with Gasteiger partial charge in [0.15, 0.2) is 0 Å². The van der Waals surface area contributed by atoms with Gasteiger partial charge in [-0.2, -0.15) is 0 Å². The van der Waals surface area contributed by atoms with Crippen LogP contribution in [0.15, 0.2) is 24.3 Å². The molecule has 0 aromatic heterocycles. The molecule has 0 fully saturated rings. The molecule has 0 heterocycles. The Labute approximate surface area is 81.4 Å². The van der Waals surface area contributed by atoms with Crippen molar-refractivity contribution in [2.75, 3.05) is 26.6 Å². The summed E-state index contributed by atoms with van der Waals surface area (Å²) in [6, 6.07) is 6.62. The molecule has 1 aromatic rings. The lowest BCUT2D eigenvalue weighted by Gasteiger charge is -2.05. The highest BCUT2D eigenvalue weighted by Crippen LogP contribution is 2.17. The fourth-order valence-electron chi connectivity index (χ4n) is 0.945. The van der Waals surface area contributed by atoms with Gasteiger partial charge in [-0.15, -0.1) is 0 Å². The van der Waals surface area contributed by atoms with Crippen LogP contribution in [-0.2, 0) is 0 Å². The first-order valence-corrected chi connectivity index (χ1v) is 4.34. The highest BCUT2D eigenvalue weighted by atomic mass is 19.1. The fourth-order valence-corrected chi connectivity index (χ4v) is 0.945. The molecule has 0 N–H and O–H groups in total. The number of ether oxygens (including phenoxy) is 2. The molecular formula is C10H12F2O2. The largest absolute Gasteiger partial charge is 0.491 e. The summed E-state index contributed by atoms with van der Waals surface area (Å²) >= 11 is 0. The van der Waals surface area contributed by atoms with E-state index >= 15 is 0 Å². The van der Waals surface area contributed by atoms with Gasteiger partial charge in [0.1, 0.15) is 38.1 Å². The Balaban J connectivity index is 2.42. The van der Waals surface area contributed by atoms with Crippen molar-refractivity contribution < 1.29 is 18.3 Å². The van der Waals surface area contributed by atoms with Gasteiger partial charge < -0.3 is 9.47 Å². The summed E-state index contributed by atoms with van der Waals surface area (Å²) in [6.07, 6.45) is 0. The average molecular weight is 202 g/mol. The van der Waals surface area contributed by atoms with Gasteiger partial charge in [0, 0.05) is 0 Å². The van der Waals surface area contributed by atoms with E-state index in [1.54, 1.807) is 24.3 Å². The predicted octanol–water partition coefficient (Wildman–Crippen LogP) is 2.38. The third-order valence-corrected chi connectivity index (χ3v) is 1.52. The van der Waals surface area contributed by atoms with Gasteiger partial charge in [0.2, 0.25) is 0 Å². The summed E-state index contributed by atoms with van der Waals surface area (Å²) in [5, 5.41) is 0. The molecule has 1 rings (SSSR count). The van der Waals surface area contributed by atoms with Crippen LogP contribution in [0, 0.1) is 0 Å². The topological polar surface area (TPSA) is 18.5 Å². The number of rotatable bonds is 6. The van der Waals surface area contributed by atoms with Crippen LogP contribution in [0.1, 0.15) is 0 Å². The van der Waals surface area contributed by atoms with Gasteiger partial charge in [0.25, 0.3) is 0 Å². The predicted molar refractivity (Wildman–Crippen MR) is 49.4 cm³/mol. The highest BCUT2D eigenvalue weighted by Gasteiger charge is 1.95. The first-order chi connectivity index (χ1) is 6.86. The van der Waals surface area contributed by atoms with Crippen molar-refractivity contribution in [2.24, 2.45) is 0 Å². The van der Waals surface area contributed by atoms with Gasteiger partial charge in [-0.1, -0.05) is 0 Å². The smallest absolute Gasteiger partial charge is 0.123 e. The van der Waals surface area contributed by atoms with E-state index in [4.69, 9.17) is 9.47 Å². The maximum absolute atomic E-state index is 11.7. The Morgan fingerprint density at radius 1 is 0.786 bits per heavy atom. The third-order valence-electron chi connectivity index (χ3n) is 1.52. The summed E-state index contributed by atoms with van der Waals surface area (Å²) in [6.45, 7) is -0.935. The zero-order chi connectivity index (χ0) is 10.2. The van der Waals surface area contributed by atoms with E-state index < -0.39 is 13.3 Å². The number of halogens is 2. The molecule has 1 aromatic carbocycles. The minimum atomic E-state index is -0.514. The molecule has 0 aliphatic carbocycles. The van der Waals surface area contributed by atoms with E-state index in [0.29, 0.717) is 11.5 Å². The molecule has 0 atom stereocenters. The second-order valence-electron chi connectivity index (χ2n) is 2.55. The summed E-state index contributed by atoms with van der Waals surface area (Å²) < 4.78 is 33.5. The SMILES string of the molecule is FCCOc1ccc(OCCF)cc1. The van der Waals surface area contributed by atoms with E-state index in [1.807, 2.05) is 0 Å². The third kappa shape index (κ3) is 3.60. The number of hydrogen-bond donors (Lipinski definition) is 0. The van der Waals surface area contributed by atoms with Crippen LogP contribution in [0.2, 0.25) is 0 Å². The zero-order valence-electron chi connectivity index (χ0n) is 7.71. The minimum Gasteiger partial charge on any atom is -0.491 e. The molecule has 0 bridgehead atoms. The van der Waals surface area contributed by atoms with E-state index in [1.165, 1.54) is 0 Å². The van der Waals surface area contributed by atoms with Gasteiger partial charge in [0.05, 0.1) is 0 Å². The lowest BCUT2D eigenvalue weighted by molar-refractivity contribution is 0.267. The maximum Gasteiger partial charge on any atom is 0.123 e. The molecule has 2 nitrogen and oxygen atoms in total. The van der Waals surface area contributed by atoms with Gasteiger partial charge in [-0.25, -0.2) is 8.78 Å². The lowest BCUT2D eigenvalue weighted by Crippen LogP contribution is -2.00. The van der Waals surface area contributed by atoms with Crippen LogP contribution in [0.3, 0.4) is 0 Å². The van der Waals surface area contributed by atoms with Gasteiger partial charge in [-0.05, 0) is 24.3 Å². The normalized spacial score (nSPS) is 9.86. The quantitative estimate of drug-likeness (QED) is 0.705. The fraction of sp³-hybridized carbons (Fsp3) is 0.400. The van der Waals surface area contributed by atoms with E-state index in [2.05, 4.69) is 0 Å². The number of hydrogen-bond acceptors (Lipinski definition) is 2. The second-order valence-corrected chi connectivity index (χ2v) is 2.55. The average Bonchev–Trinajstić information content (AvgIpc) is 2.25. The first-order valence-electron chi connectivity index (χ1n) is 4.34. The van der Waals surface area contributed by atoms with Crippen molar-refractivity contribution in [3.63, 3.8) is 0 Å². The van der Waals surface area contributed by atoms with Crippen LogP contribution >= 0.6 is 0 Å². The zero-order valence-corrected chi connectivity index (χ0v) is 7.71. The van der Waals surface area contributed by atoms with Crippen LogP contribution in [0.4, 0.5) is 8.78 Å². The molecule has 78 valence electrons. The van der Waals surface area contributed by atoms with Crippen molar-refractivity contribution in [3.8, 4) is 11.5 Å². The maximum atomic E-state index is 11.7. The molecule has 0 saturated carbocycles. The summed E-state index contributed by atoms with van der Waals surface area (Å²) in [4.78, 5) is 0. The first kappa shape index (κ1) is 10.8. The Bertz CT molecular complexity index is 222. The molecular weight excluding hydrogens is 190 g/mol. The van der Waals surface area contributed by atoms with Crippen molar-refractivity contribution in [2.45, 2.75) is 0 Å². The standard InChI is InChI=1S/C10H12F2O2/c11-5-7-13-9-1-2-10(4-3-9)14-8-6-12/h1-4H,5-8H2. The Hall–Kier alpha value is -1.32. The van der Waals surface area contributed by atoms with Crippen molar-refractivity contribution in [3.05, 3.63) is 24.3 Å². The molecule has 14 heavy (non-hydrogen) atoms. The summed E-state index contributed by atoms with van der Waals surface area (Å²) in [7, 11) is 0. The van der Waals surface area contributed by atoms with Gasteiger partial charge >= 0.3 is 0 Å². The summed E-state index contributed by atoms with van der Waals surface area (Å²) in [5.74, 6) is 1.16. The van der Waals surface area contributed by atoms with Gasteiger partial charge in [-0.3, -0.25) is 0 Å². The molecule has 0 radical (unpaired) electrons. The summed E-state index contributed by atoms with van der Waals surface area (Å²) in [5.41, 5.74) is 0. The van der Waals surface area contributed by atoms with E-state index in [-0.39, 0.29) is 13.2 Å². The molecule has 0 unspecified atom stereocenters. The number of alkyl halides is 2. The lowest BCUT2D eigenvalue weighted by atomic mass is 10.3. The molecule has 0 aliphatic heterocycles. The van der Waals surface area contributed by atoms with Crippen LogP contribution < -0.4 is 9.47 Å².